The zero-order chi connectivity index (χ0) is 14.2. The van der Waals surface area contributed by atoms with Crippen LogP contribution in [0.3, 0.4) is 0 Å². The lowest BCUT2D eigenvalue weighted by atomic mass is 10.2. The van der Waals surface area contributed by atoms with E-state index in [2.05, 4.69) is 0 Å². The quantitative estimate of drug-likeness (QED) is 0.798. The minimum Gasteiger partial charge on any atom is -0.495 e. The van der Waals surface area contributed by atoms with Crippen molar-refractivity contribution in [3.8, 4) is 5.75 Å². The SMILES string of the molecule is COc1ccc(Cl)cc1N1CC(S(=O)(=O)Cl)CC1=O. The highest BCUT2D eigenvalue weighted by molar-refractivity contribution is 8.14. The Morgan fingerprint density at radius 3 is 2.63 bits per heavy atom. The minimum absolute atomic E-state index is 0.00136. The standard InChI is InChI=1S/C11H11Cl2NO4S/c1-18-10-3-2-7(12)4-9(10)14-6-8(5-11(14)15)19(13,16)17/h2-4,8H,5-6H2,1H3. The van der Waals surface area contributed by atoms with Crippen LogP contribution in [-0.4, -0.2) is 33.2 Å². The summed E-state index contributed by atoms with van der Waals surface area (Å²) < 4.78 is 27.8. The summed E-state index contributed by atoms with van der Waals surface area (Å²) in [5, 5.41) is -0.480. The normalized spacial score (nSPS) is 19.8. The van der Waals surface area contributed by atoms with Gasteiger partial charge in [-0.05, 0) is 18.2 Å². The average molecular weight is 324 g/mol. The van der Waals surface area contributed by atoms with Crippen molar-refractivity contribution in [3.05, 3.63) is 23.2 Å². The Balaban J connectivity index is 2.38. The summed E-state index contributed by atoms with van der Waals surface area (Å²) in [5.41, 5.74) is 0.447. The number of carbonyl (C=O) groups is 1. The van der Waals surface area contributed by atoms with Crippen LogP contribution in [0.1, 0.15) is 6.42 Å². The van der Waals surface area contributed by atoms with Crippen LogP contribution in [0.2, 0.25) is 5.02 Å². The highest BCUT2D eigenvalue weighted by atomic mass is 35.7. The summed E-state index contributed by atoms with van der Waals surface area (Å²) in [6.07, 6.45) is -0.137. The molecule has 5 nitrogen and oxygen atoms in total. The maximum absolute atomic E-state index is 11.9. The second-order valence-electron chi connectivity index (χ2n) is 4.12. The van der Waals surface area contributed by atoms with Gasteiger partial charge in [0.2, 0.25) is 15.0 Å². The molecule has 1 aliphatic heterocycles. The molecular weight excluding hydrogens is 313 g/mol. The number of halogens is 2. The van der Waals surface area contributed by atoms with Gasteiger partial charge in [0, 0.05) is 28.7 Å². The number of anilines is 1. The van der Waals surface area contributed by atoms with Crippen molar-refractivity contribution in [1.29, 1.82) is 0 Å². The van der Waals surface area contributed by atoms with Crippen LogP contribution in [0, 0.1) is 0 Å². The number of amides is 1. The molecule has 1 saturated heterocycles. The highest BCUT2D eigenvalue weighted by Gasteiger charge is 2.38. The molecule has 0 spiro atoms. The first-order chi connectivity index (χ1) is 8.82. The molecule has 0 aromatic heterocycles. The van der Waals surface area contributed by atoms with Crippen molar-refractivity contribution in [3.63, 3.8) is 0 Å². The van der Waals surface area contributed by atoms with Crippen LogP contribution in [0.5, 0.6) is 5.75 Å². The Hall–Kier alpha value is -0.980. The van der Waals surface area contributed by atoms with Gasteiger partial charge in [-0.3, -0.25) is 4.79 Å². The van der Waals surface area contributed by atoms with Crippen molar-refractivity contribution in [2.24, 2.45) is 0 Å². The van der Waals surface area contributed by atoms with E-state index >= 15 is 0 Å². The van der Waals surface area contributed by atoms with Crippen molar-refractivity contribution >= 4 is 42.9 Å². The molecule has 1 atom stereocenters. The molecule has 19 heavy (non-hydrogen) atoms. The largest absolute Gasteiger partial charge is 0.495 e. The van der Waals surface area contributed by atoms with Crippen LogP contribution in [0.4, 0.5) is 5.69 Å². The van der Waals surface area contributed by atoms with Gasteiger partial charge < -0.3 is 9.64 Å². The number of hydrogen-bond donors (Lipinski definition) is 0. The smallest absolute Gasteiger partial charge is 0.237 e. The molecule has 104 valence electrons. The number of carbonyl (C=O) groups excluding carboxylic acids is 1. The predicted molar refractivity (Wildman–Crippen MR) is 73.5 cm³/mol. The Bertz CT molecular complexity index is 617. The molecule has 1 fully saturated rings. The summed E-state index contributed by atoms with van der Waals surface area (Å²) in [5.74, 6) is 0.125. The first-order valence-corrected chi connectivity index (χ1v) is 8.15. The highest BCUT2D eigenvalue weighted by Crippen LogP contribution is 2.35. The van der Waals surface area contributed by atoms with Gasteiger partial charge in [-0.1, -0.05) is 11.6 Å². The van der Waals surface area contributed by atoms with Crippen molar-refractivity contribution in [2.75, 3.05) is 18.6 Å². The lowest BCUT2D eigenvalue weighted by Gasteiger charge is -2.19. The van der Waals surface area contributed by atoms with E-state index in [4.69, 9.17) is 27.0 Å². The van der Waals surface area contributed by atoms with Gasteiger partial charge in [0.25, 0.3) is 0 Å². The number of hydrogen-bond acceptors (Lipinski definition) is 4. The number of nitrogens with zero attached hydrogens (tertiary/aromatic N) is 1. The number of ether oxygens (including phenoxy) is 1. The third-order valence-electron chi connectivity index (χ3n) is 2.92. The van der Waals surface area contributed by atoms with Gasteiger partial charge in [-0.15, -0.1) is 0 Å². The van der Waals surface area contributed by atoms with E-state index in [1.165, 1.54) is 12.0 Å². The fourth-order valence-corrected chi connectivity index (χ4v) is 3.16. The van der Waals surface area contributed by atoms with Crippen molar-refractivity contribution < 1.29 is 17.9 Å². The zero-order valence-electron chi connectivity index (χ0n) is 9.97. The molecule has 8 heteroatoms. The second kappa shape index (κ2) is 5.19. The van der Waals surface area contributed by atoms with Crippen LogP contribution in [-0.2, 0) is 13.8 Å². The Labute approximate surface area is 120 Å². The summed E-state index contributed by atoms with van der Waals surface area (Å²) in [6.45, 7) is 0.00136. The fraction of sp³-hybridized carbons (Fsp3) is 0.364. The van der Waals surface area contributed by atoms with E-state index < -0.39 is 14.3 Å². The first-order valence-electron chi connectivity index (χ1n) is 5.40. The number of methoxy groups -OCH3 is 1. The van der Waals surface area contributed by atoms with E-state index in [1.54, 1.807) is 18.2 Å². The monoisotopic (exact) mass is 323 g/mol. The topological polar surface area (TPSA) is 63.7 Å². The van der Waals surface area contributed by atoms with E-state index in [1.807, 2.05) is 0 Å². The second-order valence-corrected chi connectivity index (χ2v) is 7.47. The van der Waals surface area contributed by atoms with Crippen LogP contribution >= 0.6 is 22.3 Å². The van der Waals surface area contributed by atoms with Gasteiger partial charge in [0.1, 0.15) is 11.0 Å². The summed E-state index contributed by atoms with van der Waals surface area (Å²) in [4.78, 5) is 13.2. The number of benzene rings is 1. The van der Waals surface area contributed by atoms with E-state index in [0.29, 0.717) is 16.5 Å². The summed E-state index contributed by atoms with van der Waals surface area (Å²) in [7, 11) is 2.99. The van der Waals surface area contributed by atoms with Crippen LogP contribution in [0.15, 0.2) is 18.2 Å². The Morgan fingerprint density at radius 2 is 2.11 bits per heavy atom. The van der Waals surface area contributed by atoms with Gasteiger partial charge in [0.15, 0.2) is 0 Å². The van der Waals surface area contributed by atoms with E-state index in [0.717, 1.165) is 0 Å². The number of rotatable bonds is 3. The molecule has 0 saturated carbocycles. The molecule has 1 heterocycles. The van der Waals surface area contributed by atoms with E-state index in [9.17, 15) is 13.2 Å². The van der Waals surface area contributed by atoms with Gasteiger partial charge in [-0.2, -0.15) is 0 Å². The molecule has 1 aromatic carbocycles. The lowest BCUT2D eigenvalue weighted by Crippen LogP contribution is -2.27. The maximum atomic E-state index is 11.9. The maximum Gasteiger partial charge on any atom is 0.237 e. The molecule has 1 aromatic rings. The Kier molecular flexibility index (Phi) is 3.94. The first kappa shape index (κ1) is 14.4. The third kappa shape index (κ3) is 2.96. The predicted octanol–water partition coefficient (Wildman–Crippen LogP) is 2.02. The molecule has 0 N–H and O–H groups in total. The van der Waals surface area contributed by atoms with E-state index in [-0.39, 0.29) is 18.9 Å². The summed E-state index contributed by atoms with van der Waals surface area (Å²) in [6, 6.07) is 4.80. The van der Waals surface area contributed by atoms with Crippen LogP contribution in [0.25, 0.3) is 0 Å². The van der Waals surface area contributed by atoms with Gasteiger partial charge >= 0.3 is 0 Å². The summed E-state index contributed by atoms with van der Waals surface area (Å²) >= 11 is 5.89. The molecule has 1 aliphatic rings. The van der Waals surface area contributed by atoms with Crippen molar-refractivity contribution in [2.45, 2.75) is 11.7 Å². The average Bonchev–Trinajstić information content (AvgIpc) is 2.71. The fourth-order valence-electron chi connectivity index (χ4n) is 1.97. The third-order valence-corrected chi connectivity index (χ3v) is 5.02. The molecule has 2 rings (SSSR count). The molecule has 0 radical (unpaired) electrons. The lowest BCUT2D eigenvalue weighted by molar-refractivity contribution is -0.117. The zero-order valence-corrected chi connectivity index (χ0v) is 12.3. The van der Waals surface area contributed by atoms with Crippen molar-refractivity contribution in [1.82, 2.24) is 0 Å². The molecule has 0 aliphatic carbocycles. The van der Waals surface area contributed by atoms with Crippen LogP contribution < -0.4 is 9.64 Å². The van der Waals surface area contributed by atoms with Gasteiger partial charge in [-0.25, -0.2) is 8.42 Å². The molecule has 0 bridgehead atoms. The molecule has 1 unspecified atom stereocenters. The molecule has 1 amide bonds. The minimum atomic E-state index is -3.77. The molecular formula is C11H11Cl2NO4S. The van der Waals surface area contributed by atoms with Gasteiger partial charge in [0.05, 0.1) is 12.8 Å². The Morgan fingerprint density at radius 1 is 1.42 bits per heavy atom.